The second kappa shape index (κ2) is 12.8. The molecule has 0 aliphatic rings. The van der Waals surface area contributed by atoms with Crippen molar-refractivity contribution in [3.8, 4) is 0 Å². The highest BCUT2D eigenvalue weighted by Crippen LogP contribution is 2.25. The Labute approximate surface area is 213 Å². The topological polar surface area (TPSA) is 49.4 Å². The van der Waals surface area contributed by atoms with Crippen LogP contribution in [0.3, 0.4) is 0 Å². The lowest BCUT2D eigenvalue weighted by molar-refractivity contribution is -0.139. The van der Waals surface area contributed by atoms with Crippen molar-refractivity contribution < 1.29 is 14.0 Å². The van der Waals surface area contributed by atoms with Crippen molar-refractivity contribution >= 4 is 46.8 Å². The number of carbonyl (C=O) groups excluding carboxylic acids is 2. The Morgan fingerprint density at radius 2 is 1.68 bits per heavy atom. The lowest BCUT2D eigenvalue weighted by Gasteiger charge is -2.31. The summed E-state index contributed by atoms with van der Waals surface area (Å²) in [5, 5.41) is 3.47. The summed E-state index contributed by atoms with van der Waals surface area (Å²) >= 11 is 13.5. The summed E-state index contributed by atoms with van der Waals surface area (Å²) in [6.45, 7) is 0.181. The number of hydrogen-bond acceptors (Lipinski definition) is 3. The Balaban J connectivity index is 1.84. The number of carbonyl (C=O) groups is 2. The van der Waals surface area contributed by atoms with Crippen LogP contribution in [0, 0.1) is 5.82 Å². The van der Waals surface area contributed by atoms with Gasteiger partial charge in [-0.05, 0) is 34.9 Å². The van der Waals surface area contributed by atoms with Crippen LogP contribution in [-0.4, -0.2) is 35.6 Å². The molecule has 3 aromatic rings. The summed E-state index contributed by atoms with van der Waals surface area (Å²) in [6.07, 6.45) is 0.353. The predicted molar refractivity (Wildman–Crippen MR) is 138 cm³/mol. The van der Waals surface area contributed by atoms with Crippen LogP contribution in [0.2, 0.25) is 10.0 Å². The minimum atomic E-state index is -0.733. The first-order chi connectivity index (χ1) is 16.4. The van der Waals surface area contributed by atoms with E-state index in [9.17, 15) is 14.0 Å². The van der Waals surface area contributed by atoms with Crippen LogP contribution in [0.25, 0.3) is 0 Å². The van der Waals surface area contributed by atoms with Crippen LogP contribution in [0.4, 0.5) is 4.39 Å². The Hall–Kier alpha value is -2.54. The van der Waals surface area contributed by atoms with Crippen molar-refractivity contribution in [1.29, 1.82) is 0 Å². The number of nitrogens with one attached hydrogen (secondary N) is 1. The van der Waals surface area contributed by atoms with Gasteiger partial charge in [-0.3, -0.25) is 9.59 Å². The molecule has 3 aromatic carbocycles. The molecule has 0 radical (unpaired) electrons. The summed E-state index contributed by atoms with van der Waals surface area (Å²) in [4.78, 5) is 27.9. The molecule has 0 saturated carbocycles. The third kappa shape index (κ3) is 7.23. The summed E-state index contributed by atoms with van der Waals surface area (Å²) in [5.41, 5.74) is 2.22. The van der Waals surface area contributed by atoms with Crippen LogP contribution >= 0.6 is 35.0 Å². The number of benzene rings is 3. The molecule has 0 bridgehead atoms. The second-order valence-electron chi connectivity index (χ2n) is 7.67. The fourth-order valence-electron chi connectivity index (χ4n) is 3.50. The molecule has 2 amide bonds. The van der Waals surface area contributed by atoms with Gasteiger partial charge in [0.2, 0.25) is 11.8 Å². The van der Waals surface area contributed by atoms with Crippen LogP contribution in [0.15, 0.2) is 72.8 Å². The van der Waals surface area contributed by atoms with Crippen molar-refractivity contribution in [2.24, 2.45) is 0 Å². The molecule has 0 saturated heterocycles. The average Bonchev–Trinajstić information content (AvgIpc) is 2.84. The molecule has 178 valence electrons. The number of rotatable bonds is 10. The third-order valence-corrected chi connectivity index (χ3v) is 7.00. The first-order valence-corrected chi connectivity index (χ1v) is 12.6. The number of amides is 2. The van der Waals surface area contributed by atoms with Gasteiger partial charge in [0.1, 0.15) is 11.9 Å². The highest BCUT2D eigenvalue weighted by Gasteiger charge is 2.29. The first kappa shape index (κ1) is 26.1. The number of hydrogen-bond donors (Lipinski definition) is 1. The van der Waals surface area contributed by atoms with E-state index >= 15 is 0 Å². The van der Waals surface area contributed by atoms with E-state index in [-0.39, 0.29) is 29.9 Å². The molecule has 8 heteroatoms. The average molecular weight is 519 g/mol. The predicted octanol–water partition coefficient (Wildman–Crippen LogP) is 5.75. The molecule has 1 N–H and O–H groups in total. The molecular weight excluding hydrogens is 494 g/mol. The van der Waals surface area contributed by atoms with Gasteiger partial charge in [-0.15, -0.1) is 11.8 Å². The van der Waals surface area contributed by atoms with Crippen molar-refractivity contribution in [3.05, 3.63) is 105 Å². The monoisotopic (exact) mass is 518 g/mol. The quantitative estimate of drug-likeness (QED) is 0.371. The van der Waals surface area contributed by atoms with Gasteiger partial charge in [-0.2, -0.15) is 0 Å². The van der Waals surface area contributed by atoms with Gasteiger partial charge in [0.05, 0.1) is 15.8 Å². The van der Waals surface area contributed by atoms with Gasteiger partial charge in [-0.1, -0.05) is 77.8 Å². The lowest BCUT2D eigenvalue weighted by atomic mass is 10.0. The van der Waals surface area contributed by atoms with E-state index in [0.29, 0.717) is 27.8 Å². The first-order valence-electron chi connectivity index (χ1n) is 10.7. The minimum absolute atomic E-state index is 0.0952. The SMILES string of the molecule is CNC(=O)C(Cc1ccccc1)N(Cc1ccc(Cl)c(Cl)c1)C(=O)CSCc1ccccc1F. The Morgan fingerprint density at radius 3 is 2.35 bits per heavy atom. The van der Waals surface area contributed by atoms with Crippen molar-refractivity contribution in [2.45, 2.75) is 24.8 Å². The van der Waals surface area contributed by atoms with Gasteiger partial charge < -0.3 is 10.2 Å². The Kier molecular flexibility index (Phi) is 9.81. The van der Waals surface area contributed by atoms with E-state index in [4.69, 9.17) is 23.2 Å². The summed E-state index contributed by atoms with van der Waals surface area (Å²) < 4.78 is 14.0. The van der Waals surface area contributed by atoms with Crippen LogP contribution in [0.5, 0.6) is 0 Å². The largest absolute Gasteiger partial charge is 0.357 e. The van der Waals surface area contributed by atoms with Gasteiger partial charge in [-0.25, -0.2) is 4.39 Å². The molecular formula is C26H25Cl2FN2O2S. The fourth-order valence-corrected chi connectivity index (χ4v) is 4.72. The summed E-state index contributed by atoms with van der Waals surface area (Å²) in [7, 11) is 1.55. The zero-order valence-electron chi connectivity index (χ0n) is 18.6. The lowest BCUT2D eigenvalue weighted by Crippen LogP contribution is -2.50. The van der Waals surface area contributed by atoms with Crippen LogP contribution in [-0.2, 0) is 28.3 Å². The van der Waals surface area contributed by atoms with Gasteiger partial charge in [0.25, 0.3) is 0 Å². The van der Waals surface area contributed by atoms with Crippen molar-refractivity contribution in [2.75, 3.05) is 12.8 Å². The van der Waals surface area contributed by atoms with E-state index in [2.05, 4.69) is 5.32 Å². The van der Waals surface area contributed by atoms with Gasteiger partial charge in [0, 0.05) is 25.8 Å². The molecule has 0 heterocycles. The highest BCUT2D eigenvalue weighted by molar-refractivity contribution is 7.99. The molecule has 0 spiro atoms. The molecule has 4 nitrogen and oxygen atoms in total. The van der Waals surface area contributed by atoms with E-state index in [1.807, 2.05) is 30.3 Å². The van der Waals surface area contributed by atoms with Crippen LogP contribution < -0.4 is 5.32 Å². The molecule has 3 rings (SSSR count). The summed E-state index contributed by atoms with van der Waals surface area (Å²) in [6, 6.07) is 20.4. The molecule has 34 heavy (non-hydrogen) atoms. The summed E-state index contributed by atoms with van der Waals surface area (Å²) in [5.74, 6) is -0.351. The van der Waals surface area contributed by atoms with E-state index < -0.39 is 6.04 Å². The number of thioether (sulfide) groups is 1. The van der Waals surface area contributed by atoms with Gasteiger partial charge in [0.15, 0.2) is 0 Å². The van der Waals surface area contributed by atoms with E-state index in [0.717, 1.165) is 11.1 Å². The zero-order valence-corrected chi connectivity index (χ0v) is 21.0. The zero-order chi connectivity index (χ0) is 24.5. The highest BCUT2D eigenvalue weighted by atomic mass is 35.5. The number of halogens is 3. The molecule has 1 atom stereocenters. The van der Waals surface area contributed by atoms with Crippen molar-refractivity contribution in [3.63, 3.8) is 0 Å². The fraction of sp³-hybridized carbons (Fsp3) is 0.231. The standard InChI is InChI=1S/C26H25Cl2FN2O2S/c1-30-26(33)24(14-18-7-3-2-4-8-18)31(15-19-11-12-21(27)22(28)13-19)25(32)17-34-16-20-9-5-6-10-23(20)29/h2-13,24H,14-17H2,1H3,(H,30,33). The van der Waals surface area contributed by atoms with E-state index in [1.54, 1.807) is 48.3 Å². The molecule has 0 fully saturated rings. The second-order valence-corrected chi connectivity index (χ2v) is 9.47. The number of likely N-dealkylation sites (N-methyl/N-ethyl adjacent to an activating group) is 1. The molecule has 0 aliphatic heterocycles. The Bertz CT molecular complexity index is 1130. The maximum absolute atomic E-state index is 14.0. The van der Waals surface area contributed by atoms with Crippen molar-refractivity contribution in [1.82, 2.24) is 10.2 Å². The number of nitrogens with zero attached hydrogens (tertiary/aromatic N) is 1. The molecule has 1 unspecified atom stereocenters. The maximum atomic E-state index is 14.0. The minimum Gasteiger partial charge on any atom is -0.357 e. The molecule has 0 aliphatic carbocycles. The Morgan fingerprint density at radius 1 is 0.971 bits per heavy atom. The van der Waals surface area contributed by atoms with E-state index in [1.165, 1.54) is 17.8 Å². The smallest absolute Gasteiger partial charge is 0.242 e. The maximum Gasteiger partial charge on any atom is 0.242 e. The normalized spacial score (nSPS) is 11.6. The van der Waals surface area contributed by atoms with Crippen LogP contribution in [0.1, 0.15) is 16.7 Å². The third-order valence-electron chi connectivity index (χ3n) is 5.30. The van der Waals surface area contributed by atoms with Gasteiger partial charge >= 0.3 is 0 Å². The molecule has 0 aromatic heterocycles.